The Bertz CT molecular complexity index is 1170. The van der Waals surface area contributed by atoms with Gasteiger partial charge in [-0.1, -0.05) is 23.5 Å². The van der Waals surface area contributed by atoms with E-state index in [0.29, 0.717) is 41.3 Å². The van der Waals surface area contributed by atoms with Crippen molar-refractivity contribution in [3.8, 4) is 27.8 Å². The van der Waals surface area contributed by atoms with Crippen LogP contribution in [0.5, 0.6) is 17.2 Å². The molecule has 1 N–H and O–H groups in total. The molecule has 2 aromatic carbocycles. The van der Waals surface area contributed by atoms with E-state index in [0.717, 1.165) is 20.8 Å². The predicted octanol–water partition coefficient (Wildman–Crippen LogP) is 4.45. The molecule has 29 heavy (non-hydrogen) atoms. The zero-order valence-electron chi connectivity index (χ0n) is 15.3. The van der Waals surface area contributed by atoms with Gasteiger partial charge < -0.3 is 14.2 Å². The van der Waals surface area contributed by atoms with E-state index in [-0.39, 0.29) is 5.91 Å². The van der Waals surface area contributed by atoms with E-state index in [2.05, 4.69) is 15.3 Å². The summed E-state index contributed by atoms with van der Waals surface area (Å²) in [5.41, 5.74) is 1.94. The number of carbonyl (C=O) groups excluding carboxylic acids is 1. The Morgan fingerprint density at radius 2 is 1.93 bits per heavy atom. The van der Waals surface area contributed by atoms with Crippen molar-refractivity contribution in [1.82, 2.24) is 9.97 Å². The lowest BCUT2D eigenvalue weighted by molar-refractivity contribution is 0.102. The third kappa shape index (κ3) is 3.39. The second kappa shape index (κ2) is 7.34. The fourth-order valence-corrected chi connectivity index (χ4v) is 4.70. The third-order valence-corrected chi connectivity index (χ3v) is 6.16. The summed E-state index contributed by atoms with van der Waals surface area (Å²) < 4.78 is 17.5. The smallest absolute Gasteiger partial charge is 0.276 e. The van der Waals surface area contributed by atoms with E-state index < -0.39 is 0 Å². The summed E-state index contributed by atoms with van der Waals surface area (Å²) in [5, 5.41) is 5.78. The maximum Gasteiger partial charge on any atom is 0.276 e. The molecular weight excluding hydrogens is 410 g/mol. The molecule has 9 heteroatoms. The first kappa shape index (κ1) is 17.9. The van der Waals surface area contributed by atoms with Gasteiger partial charge in [-0.2, -0.15) is 0 Å². The molecule has 1 aliphatic rings. The molecule has 1 aliphatic heterocycles. The number of nitrogens with zero attached hydrogens (tertiary/aromatic N) is 2. The number of methoxy groups -OCH3 is 1. The van der Waals surface area contributed by atoms with Gasteiger partial charge in [0.25, 0.3) is 5.91 Å². The minimum Gasteiger partial charge on any atom is -0.496 e. The molecule has 1 amide bonds. The van der Waals surface area contributed by atoms with E-state index in [1.54, 1.807) is 12.5 Å². The van der Waals surface area contributed by atoms with Crippen LogP contribution in [0.25, 0.3) is 20.8 Å². The number of aromatic nitrogens is 2. The van der Waals surface area contributed by atoms with Crippen LogP contribution in [-0.4, -0.2) is 36.2 Å². The minimum atomic E-state index is -0.307. The number of thiazole rings is 2. The molecule has 0 fully saturated rings. The summed E-state index contributed by atoms with van der Waals surface area (Å²) in [7, 11) is 1.61. The largest absolute Gasteiger partial charge is 0.496 e. The van der Waals surface area contributed by atoms with Gasteiger partial charge in [-0.25, -0.2) is 9.97 Å². The van der Waals surface area contributed by atoms with Crippen molar-refractivity contribution >= 4 is 43.9 Å². The molecule has 5 rings (SSSR count). The van der Waals surface area contributed by atoms with Crippen molar-refractivity contribution in [2.24, 2.45) is 0 Å². The first-order valence-electron chi connectivity index (χ1n) is 8.82. The number of para-hydroxylation sites is 1. The Hall–Kier alpha value is -3.17. The maximum atomic E-state index is 12.7. The van der Waals surface area contributed by atoms with E-state index in [4.69, 9.17) is 14.2 Å². The molecule has 0 spiro atoms. The number of fused-ring (bicyclic) bond motifs is 2. The molecule has 4 aromatic rings. The fourth-order valence-electron chi connectivity index (χ4n) is 3.00. The molecule has 7 nitrogen and oxygen atoms in total. The molecule has 2 aromatic heterocycles. The summed E-state index contributed by atoms with van der Waals surface area (Å²) in [6.45, 7) is 1.05. The average Bonchev–Trinajstić information content (AvgIpc) is 3.38. The number of amides is 1. The third-order valence-electron chi connectivity index (χ3n) is 4.35. The van der Waals surface area contributed by atoms with Crippen molar-refractivity contribution in [1.29, 1.82) is 0 Å². The molecule has 0 saturated carbocycles. The highest BCUT2D eigenvalue weighted by atomic mass is 32.1. The van der Waals surface area contributed by atoms with Crippen molar-refractivity contribution in [3.63, 3.8) is 0 Å². The summed E-state index contributed by atoms with van der Waals surface area (Å²) >= 11 is 2.77. The highest BCUT2D eigenvalue weighted by molar-refractivity contribution is 7.22. The number of nitrogens with one attached hydrogen (secondary N) is 1. The summed E-state index contributed by atoms with van der Waals surface area (Å²) in [5.74, 6) is 1.78. The highest BCUT2D eigenvalue weighted by Crippen LogP contribution is 2.38. The number of rotatable bonds is 4. The fraction of sp³-hybridized carbons (Fsp3) is 0.150. The van der Waals surface area contributed by atoms with E-state index >= 15 is 0 Å². The van der Waals surface area contributed by atoms with Gasteiger partial charge in [-0.3, -0.25) is 10.1 Å². The van der Waals surface area contributed by atoms with Crippen LogP contribution in [0.1, 0.15) is 10.5 Å². The highest BCUT2D eigenvalue weighted by Gasteiger charge is 2.18. The first-order valence-corrected chi connectivity index (χ1v) is 10.5. The zero-order chi connectivity index (χ0) is 19.8. The number of hydrogen-bond acceptors (Lipinski definition) is 8. The number of ether oxygens (including phenoxy) is 3. The average molecular weight is 425 g/mol. The van der Waals surface area contributed by atoms with E-state index in [1.807, 2.05) is 36.4 Å². The van der Waals surface area contributed by atoms with Crippen LogP contribution in [-0.2, 0) is 0 Å². The molecule has 0 radical (unpaired) electrons. The Labute approximate surface area is 173 Å². The normalized spacial score (nSPS) is 12.7. The van der Waals surface area contributed by atoms with Crippen LogP contribution < -0.4 is 19.5 Å². The molecule has 0 atom stereocenters. The van der Waals surface area contributed by atoms with Gasteiger partial charge >= 0.3 is 0 Å². The van der Waals surface area contributed by atoms with Crippen LogP contribution in [0.4, 0.5) is 5.13 Å². The topological polar surface area (TPSA) is 82.6 Å². The number of anilines is 1. The van der Waals surface area contributed by atoms with Crippen molar-refractivity contribution in [2.45, 2.75) is 0 Å². The van der Waals surface area contributed by atoms with Crippen LogP contribution in [0, 0.1) is 0 Å². The van der Waals surface area contributed by atoms with Gasteiger partial charge in [0.15, 0.2) is 16.6 Å². The Morgan fingerprint density at radius 3 is 2.76 bits per heavy atom. The number of hydrogen-bond donors (Lipinski definition) is 1. The Morgan fingerprint density at radius 1 is 1.14 bits per heavy atom. The summed E-state index contributed by atoms with van der Waals surface area (Å²) in [6, 6.07) is 11.3. The lowest BCUT2D eigenvalue weighted by Crippen LogP contribution is -2.15. The second-order valence-electron chi connectivity index (χ2n) is 6.17. The molecular formula is C20H15N3O4S2. The predicted molar refractivity (Wildman–Crippen MR) is 113 cm³/mol. The molecule has 146 valence electrons. The van der Waals surface area contributed by atoms with Gasteiger partial charge in [0, 0.05) is 17.5 Å². The van der Waals surface area contributed by atoms with E-state index in [9.17, 15) is 4.79 Å². The standard InChI is InChI=1S/C20H15N3O4S2/c1-25-14-5-3-2-4-11(14)19-21-13(10-28-19)18(24)23-20-22-12-8-15-16(9-17(12)29-20)27-7-6-26-15/h2-5,8-10H,6-7H2,1H3,(H,22,23,24). The molecule has 0 aliphatic carbocycles. The van der Waals surface area contributed by atoms with Crippen LogP contribution >= 0.6 is 22.7 Å². The van der Waals surface area contributed by atoms with Crippen LogP contribution in [0.3, 0.4) is 0 Å². The summed E-state index contributed by atoms with van der Waals surface area (Å²) in [6.07, 6.45) is 0. The Kier molecular flexibility index (Phi) is 4.53. The van der Waals surface area contributed by atoms with E-state index in [1.165, 1.54) is 22.7 Å². The monoisotopic (exact) mass is 425 g/mol. The molecule has 0 bridgehead atoms. The SMILES string of the molecule is COc1ccccc1-c1nc(C(=O)Nc2nc3cc4c(cc3s2)OCCO4)cs1. The van der Waals surface area contributed by atoms with Gasteiger partial charge in [0.05, 0.1) is 22.9 Å². The molecule has 0 saturated heterocycles. The van der Waals surface area contributed by atoms with Crippen LogP contribution in [0.15, 0.2) is 41.8 Å². The summed E-state index contributed by atoms with van der Waals surface area (Å²) in [4.78, 5) is 21.6. The van der Waals surface area contributed by atoms with Crippen molar-refractivity contribution in [2.75, 3.05) is 25.6 Å². The molecule has 0 unspecified atom stereocenters. The van der Waals surface area contributed by atoms with Gasteiger partial charge in [-0.05, 0) is 12.1 Å². The quantitative estimate of drug-likeness (QED) is 0.520. The zero-order valence-corrected chi connectivity index (χ0v) is 16.9. The van der Waals surface area contributed by atoms with Gasteiger partial charge in [0.1, 0.15) is 29.7 Å². The second-order valence-corrected chi connectivity index (χ2v) is 8.06. The lowest BCUT2D eigenvalue weighted by Gasteiger charge is -2.17. The Balaban J connectivity index is 1.39. The molecule has 3 heterocycles. The van der Waals surface area contributed by atoms with Gasteiger partial charge in [-0.15, -0.1) is 11.3 Å². The minimum absolute atomic E-state index is 0.307. The lowest BCUT2D eigenvalue weighted by atomic mass is 10.2. The van der Waals surface area contributed by atoms with Crippen LogP contribution in [0.2, 0.25) is 0 Å². The van der Waals surface area contributed by atoms with Gasteiger partial charge in [0.2, 0.25) is 0 Å². The van der Waals surface area contributed by atoms with Crippen molar-refractivity contribution in [3.05, 3.63) is 47.5 Å². The number of benzene rings is 2. The maximum absolute atomic E-state index is 12.7. The first-order chi connectivity index (χ1) is 14.2. The van der Waals surface area contributed by atoms with Crippen molar-refractivity contribution < 1.29 is 19.0 Å². The number of carbonyl (C=O) groups is 1.